The molecule has 1 aliphatic carbocycles. The minimum absolute atomic E-state index is 0.539. The summed E-state index contributed by atoms with van der Waals surface area (Å²) in [5, 5.41) is 2.46. The van der Waals surface area contributed by atoms with E-state index in [0.29, 0.717) is 0 Å². The second kappa shape index (κ2) is 14.9. The van der Waals surface area contributed by atoms with Crippen molar-refractivity contribution < 1.29 is 0 Å². The standard InChI is InChI=1S/C59H42N2/c1-39-31-43(32-40(2)60-39)44-33-46(35-47(34-44)57-37-45(41-19-7-3-8-20-41)36-56(61-57)42-21-9-4-10-22-42)53-38-55-58(51-28-16-15-27-50(51)53)52-29-17-18-30-54(52)59(55,48-23-11-5-12-24-48)49-25-13-6-14-26-49/h3-38H,1-2H3. The van der Waals surface area contributed by atoms with Crippen LogP contribution in [0.1, 0.15) is 33.6 Å². The Balaban J connectivity index is 1.23. The zero-order chi connectivity index (χ0) is 40.9. The van der Waals surface area contributed by atoms with Crippen molar-refractivity contribution in [2.24, 2.45) is 0 Å². The van der Waals surface area contributed by atoms with Gasteiger partial charge in [-0.3, -0.25) is 4.98 Å². The zero-order valence-corrected chi connectivity index (χ0v) is 34.2. The van der Waals surface area contributed by atoms with Gasteiger partial charge in [0, 0.05) is 22.5 Å². The lowest BCUT2D eigenvalue weighted by Crippen LogP contribution is -2.28. The summed E-state index contributed by atoms with van der Waals surface area (Å²) >= 11 is 0. The Bertz CT molecular complexity index is 3130. The summed E-state index contributed by atoms with van der Waals surface area (Å²) in [5.74, 6) is 0. The molecule has 11 rings (SSSR count). The molecule has 0 atom stereocenters. The molecule has 1 aliphatic rings. The smallest absolute Gasteiger partial charge is 0.0716 e. The largest absolute Gasteiger partial charge is 0.258 e. The normalized spacial score (nSPS) is 12.6. The lowest BCUT2D eigenvalue weighted by atomic mass is 9.67. The van der Waals surface area contributed by atoms with Crippen molar-refractivity contribution in [3.05, 3.63) is 252 Å². The zero-order valence-electron chi connectivity index (χ0n) is 34.2. The molecule has 0 fully saturated rings. The maximum atomic E-state index is 5.44. The van der Waals surface area contributed by atoms with Crippen LogP contribution in [0, 0.1) is 13.8 Å². The first kappa shape index (κ1) is 36.4. The van der Waals surface area contributed by atoms with Gasteiger partial charge in [0.05, 0.1) is 16.8 Å². The quantitative estimate of drug-likeness (QED) is 0.161. The van der Waals surface area contributed by atoms with Crippen molar-refractivity contribution in [2.75, 3.05) is 0 Å². The van der Waals surface area contributed by atoms with Gasteiger partial charge in [-0.1, -0.05) is 170 Å². The maximum Gasteiger partial charge on any atom is 0.0716 e. The molecule has 0 aliphatic heterocycles. The van der Waals surface area contributed by atoms with Crippen LogP contribution in [0.15, 0.2) is 218 Å². The van der Waals surface area contributed by atoms with E-state index in [1.165, 1.54) is 49.7 Å². The van der Waals surface area contributed by atoms with Crippen LogP contribution in [0.4, 0.5) is 0 Å². The van der Waals surface area contributed by atoms with Crippen LogP contribution in [0.3, 0.4) is 0 Å². The molecule has 61 heavy (non-hydrogen) atoms. The highest BCUT2D eigenvalue weighted by Crippen LogP contribution is 2.59. The highest BCUT2D eigenvalue weighted by Gasteiger charge is 2.47. The van der Waals surface area contributed by atoms with E-state index in [4.69, 9.17) is 9.97 Å². The fourth-order valence-electron chi connectivity index (χ4n) is 9.87. The summed E-state index contributed by atoms with van der Waals surface area (Å²) in [7, 11) is 0. The van der Waals surface area contributed by atoms with E-state index in [1.54, 1.807) is 0 Å². The molecule has 8 aromatic carbocycles. The predicted molar refractivity (Wildman–Crippen MR) is 253 cm³/mol. The monoisotopic (exact) mass is 778 g/mol. The van der Waals surface area contributed by atoms with Gasteiger partial charge >= 0.3 is 0 Å². The Morgan fingerprint density at radius 1 is 0.311 bits per heavy atom. The van der Waals surface area contributed by atoms with Crippen molar-refractivity contribution in [3.63, 3.8) is 0 Å². The molecule has 0 saturated carbocycles. The van der Waals surface area contributed by atoms with Crippen LogP contribution in [-0.4, -0.2) is 9.97 Å². The second-order valence-corrected chi connectivity index (χ2v) is 16.2. The lowest BCUT2D eigenvalue weighted by Gasteiger charge is -2.34. The van der Waals surface area contributed by atoms with Crippen LogP contribution in [0.25, 0.3) is 77.8 Å². The topological polar surface area (TPSA) is 25.8 Å². The molecule has 0 radical (unpaired) electrons. The molecule has 0 saturated heterocycles. The fourth-order valence-corrected chi connectivity index (χ4v) is 9.87. The third-order valence-electron chi connectivity index (χ3n) is 12.4. The molecule has 0 N–H and O–H groups in total. The average molecular weight is 779 g/mol. The molecule has 0 bridgehead atoms. The Hall–Kier alpha value is -7.68. The van der Waals surface area contributed by atoms with Crippen LogP contribution in [0.2, 0.25) is 0 Å². The summed E-state index contributed by atoms with van der Waals surface area (Å²) in [6.07, 6.45) is 0. The molecule has 10 aromatic rings. The number of hydrogen-bond acceptors (Lipinski definition) is 2. The van der Waals surface area contributed by atoms with Crippen LogP contribution < -0.4 is 0 Å². The number of nitrogens with zero attached hydrogens (tertiary/aromatic N) is 2. The molecule has 0 unspecified atom stereocenters. The molecule has 2 nitrogen and oxygen atoms in total. The van der Waals surface area contributed by atoms with Crippen LogP contribution >= 0.6 is 0 Å². The van der Waals surface area contributed by atoms with E-state index in [1.807, 2.05) is 0 Å². The average Bonchev–Trinajstić information content (AvgIpc) is 3.63. The molecule has 2 aromatic heterocycles. The number of pyridine rings is 2. The summed E-state index contributed by atoms with van der Waals surface area (Å²) in [6.45, 7) is 4.16. The van der Waals surface area contributed by atoms with E-state index in [9.17, 15) is 0 Å². The van der Waals surface area contributed by atoms with Gasteiger partial charge in [-0.25, -0.2) is 4.98 Å². The van der Waals surface area contributed by atoms with Crippen molar-refractivity contribution in [2.45, 2.75) is 19.3 Å². The van der Waals surface area contributed by atoms with E-state index >= 15 is 0 Å². The van der Waals surface area contributed by atoms with E-state index in [-0.39, 0.29) is 0 Å². The summed E-state index contributed by atoms with van der Waals surface area (Å²) in [5.41, 5.74) is 20.0. The third kappa shape index (κ3) is 6.19. The Kier molecular flexibility index (Phi) is 8.86. The van der Waals surface area contributed by atoms with Gasteiger partial charge in [0.1, 0.15) is 0 Å². The van der Waals surface area contributed by atoms with Gasteiger partial charge < -0.3 is 0 Å². The number of benzene rings is 8. The van der Waals surface area contributed by atoms with Crippen molar-refractivity contribution in [3.8, 4) is 67.0 Å². The molecule has 288 valence electrons. The maximum absolute atomic E-state index is 5.44. The van der Waals surface area contributed by atoms with E-state index in [2.05, 4.69) is 232 Å². The molecule has 2 heterocycles. The van der Waals surface area contributed by atoms with Gasteiger partial charge in [-0.05, 0) is 140 Å². The highest BCUT2D eigenvalue weighted by atomic mass is 14.7. The predicted octanol–water partition coefficient (Wildman–Crippen LogP) is 14.9. The van der Waals surface area contributed by atoms with Crippen LogP contribution in [0.5, 0.6) is 0 Å². The Morgan fingerprint density at radius 2 is 0.787 bits per heavy atom. The molecule has 2 heteroatoms. The minimum atomic E-state index is -0.539. The van der Waals surface area contributed by atoms with Gasteiger partial charge in [-0.2, -0.15) is 0 Å². The number of aromatic nitrogens is 2. The number of hydrogen-bond donors (Lipinski definition) is 0. The summed E-state index contributed by atoms with van der Waals surface area (Å²) < 4.78 is 0. The van der Waals surface area contributed by atoms with Crippen molar-refractivity contribution >= 4 is 10.8 Å². The molecule has 0 spiro atoms. The van der Waals surface area contributed by atoms with Gasteiger partial charge in [0.2, 0.25) is 0 Å². The van der Waals surface area contributed by atoms with Gasteiger partial charge in [0.25, 0.3) is 0 Å². The highest BCUT2D eigenvalue weighted by molar-refractivity contribution is 6.10. The Morgan fingerprint density at radius 3 is 1.44 bits per heavy atom. The van der Waals surface area contributed by atoms with Gasteiger partial charge in [0.15, 0.2) is 0 Å². The van der Waals surface area contributed by atoms with Crippen LogP contribution in [-0.2, 0) is 5.41 Å². The lowest BCUT2D eigenvalue weighted by molar-refractivity contribution is 0.769. The summed E-state index contributed by atoms with van der Waals surface area (Å²) in [6, 6.07) is 79.8. The van der Waals surface area contributed by atoms with E-state index in [0.717, 1.165) is 61.7 Å². The van der Waals surface area contributed by atoms with Crippen molar-refractivity contribution in [1.29, 1.82) is 0 Å². The minimum Gasteiger partial charge on any atom is -0.258 e. The summed E-state index contributed by atoms with van der Waals surface area (Å²) in [4.78, 5) is 10.2. The molecule has 0 amide bonds. The van der Waals surface area contributed by atoms with E-state index < -0.39 is 5.41 Å². The molecular weight excluding hydrogens is 737 g/mol. The van der Waals surface area contributed by atoms with Gasteiger partial charge in [-0.15, -0.1) is 0 Å². The number of aryl methyl sites for hydroxylation is 2. The first-order valence-electron chi connectivity index (χ1n) is 21.1. The fraction of sp³-hybridized carbons (Fsp3) is 0.0508. The SMILES string of the molecule is Cc1cc(-c2cc(-c3cc(-c4ccccc4)cc(-c4ccccc4)n3)cc(-c3cc4c(c5ccccc35)-c3ccccc3C4(c3ccccc3)c3ccccc3)c2)cc(C)n1. The first-order valence-corrected chi connectivity index (χ1v) is 21.1. The Labute approximate surface area is 357 Å². The molecular formula is C59H42N2. The third-order valence-corrected chi connectivity index (χ3v) is 12.4. The number of fused-ring (bicyclic) bond motifs is 5. The first-order chi connectivity index (χ1) is 30.0. The second-order valence-electron chi connectivity index (χ2n) is 16.2. The number of rotatable bonds is 7. The van der Waals surface area contributed by atoms with Crippen molar-refractivity contribution in [1.82, 2.24) is 9.97 Å².